The van der Waals surface area contributed by atoms with Crippen LogP contribution in [0.2, 0.25) is 5.28 Å². The van der Waals surface area contributed by atoms with Crippen LogP contribution >= 0.6 is 11.6 Å². The third kappa shape index (κ3) is 2.74. The lowest BCUT2D eigenvalue weighted by Gasteiger charge is -2.12. The van der Waals surface area contributed by atoms with Crippen LogP contribution in [0.15, 0.2) is 30.6 Å². The predicted molar refractivity (Wildman–Crippen MR) is 87.5 cm³/mol. The number of benzene rings is 1. The van der Waals surface area contributed by atoms with Gasteiger partial charge in [-0.05, 0) is 42.6 Å². The first-order chi connectivity index (χ1) is 11.2. The maximum absolute atomic E-state index is 13.4. The van der Waals surface area contributed by atoms with Crippen molar-refractivity contribution < 1.29 is 4.39 Å². The van der Waals surface area contributed by atoms with Gasteiger partial charge in [-0.15, -0.1) is 0 Å². The Balaban J connectivity index is 1.77. The maximum Gasteiger partial charge on any atom is 0.226 e. The van der Waals surface area contributed by atoms with E-state index in [4.69, 9.17) is 11.6 Å². The van der Waals surface area contributed by atoms with Gasteiger partial charge in [-0.25, -0.2) is 9.37 Å². The molecule has 0 atom stereocenters. The summed E-state index contributed by atoms with van der Waals surface area (Å²) >= 11 is 6.08. The number of rotatable bonds is 3. The molecule has 1 saturated carbocycles. The molecule has 5 nitrogen and oxygen atoms in total. The third-order valence-electron chi connectivity index (χ3n) is 4.20. The smallest absolute Gasteiger partial charge is 0.226 e. The highest BCUT2D eigenvalue weighted by Gasteiger charge is 2.21. The van der Waals surface area contributed by atoms with Crippen molar-refractivity contribution in [1.82, 2.24) is 19.5 Å². The van der Waals surface area contributed by atoms with Gasteiger partial charge in [0.25, 0.3) is 0 Å². The van der Waals surface area contributed by atoms with Crippen LogP contribution in [-0.2, 0) is 0 Å². The van der Waals surface area contributed by atoms with Crippen molar-refractivity contribution in [3.05, 3.63) is 41.7 Å². The average molecular weight is 332 g/mol. The van der Waals surface area contributed by atoms with Crippen molar-refractivity contribution in [2.75, 3.05) is 5.32 Å². The Labute approximate surface area is 137 Å². The zero-order valence-corrected chi connectivity index (χ0v) is 13.1. The van der Waals surface area contributed by atoms with Crippen LogP contribution in [0.4, 0.5) is 15.9 Å². The molecule has 2 aromatic heterocycles. The molecule has 4 rings (SSSR count). The van der Waals surface area contributed by atoms with E-state index in [-0.39, 0.29) is 11.1 Å². The fourth-order valence-corrected chi connectivity index (χ4v) is 3.29. The molecule has 1 aromatic carbocycles. The number of fused-ring (bicyclic) bond motifs is 1. The number of nitrogens with zero attached hydrogens (tertiary/aromatic N) is 4. The molecule has 1 aliphatic carbocycles. The van der Waals surface area contributed by atoms with Gasteiger partial charge in [0.2, 0.25) is 5.28 Å². The Morgan fingerprint density at radius 1 is 1.22 bits per heavy atom. The van der Waals surface area contributed by atoms with Crippen LogP contribution in [0, 0.1) is 5.82 Å². The molecule has 0 saturated heterocycles. The summed E-state index contributed by atoms with van der Waals surface area (Å²) in [5.74, 6) is 0.172. The highest BCUT2D eigenvalue weighted by atomic mass is 35.5. The SMILES string of the molecule is Fc1cccc(Nc2nc(Cl)nc3c2ncn3C2CCCC2)c1. The van der Waals surface area contributed by atoms with Gasteiger partial charge in [0.05, 0.1) is 6.33 Å². The first-order valence-corrected chi connectivity index (χ1v) is 8.01. The van der Waals surface area contributed by atoms with Gasteiger partial charge in [0.15, 0.2) is 17.0 Å². The molecular weight excluding hydrogens is 317 g/mol. The second-order valence-electron chi connectivity index (χ2n) is 5.74. The van der Waals surface area contributed by atoms with Crippen molar-refractivity contribution in [3.8, 4) is 0 Å². The molecule has 1 N–H and O–H groups in total. The number of aromatic nitrogens is 4. The highest BCUT2D eigenvalue weighted by molar-refractivity contribution is 6.28. The molecule has 7 heteroatoms. The molecule has 0 radical (unpaired) electrons. The van der Waals surface area contributed by atoms with Crippen LogP contribution in [0.3, 0.4) is 0 Å². The first kappa shape index (κ1) is 14.4. The Morgan fingerprint density at radius 2 is 2.04 bits per heavy atom. The summed E-state index contributed by atoms with van der Waals surface area (Å²) in [7, 11) is 0. The number of hydrogen-bond donors (Lipinski definition) is 1. The average Bonchev–Trinajstić information content (AvgIpc) is 3.15. The molecule has 23 heavy (non-hydrogen) atoms. The number of hydrogen-bond acceptors (Lipinski definition) is 4. The van der Waals surface area contributed by atoms with E-state index < -0.39 is 0 Å². The number of halogens is 2. The van der Waals surface area contributed by atoms with E-state index in [0.717, 1.165) is 18.5 Å². The van der Waals surface area contributed by atoms with E-state index in [0.29, 0.717) is 23.1 Å². The molecule has 0 aliphatic heterocycles. The van der Waals surface area contributed by atoms with E-state index >= 15 is 0 Å². The first-order valence-electron chi connectivity index (χ1n) is 7.63. The fourth-order valence-electron chi connectivity index (χ4n) is 3.13. The third-order valence-corrected chi connectivity index (χ3v) is 4.37. The van der Waals surface area contributed by atoms with E-state index in [2.05, 4.69) is 24.8 Å². The van der Waals surface area contributed by atoms with E-state index in [9.17, 15) is 4.39 Å². The minimum absolute atomic E-state index is 0.149. The topological polar surface area (TPSA) is 55.6 Å². The summed E-state index contributed by atoms with van der Waals surface area (Å²) in [5.41, 5.74) is 1.96. The lowest BCUT2D eigenvalue weighted by molar-refractivity contribution is 0.529. The standard InChI is InChI=1S/C16H15ClFN5/c17-16-21-14(20-11-5-3-4-10(18)8-11)13-15(22-16)23(9-19-13)12-6-1-2-7-12/h3-5,8-9,12H,1-2,6-7H2,(H,20,21,22). The van der Waals surface area contributed by atoms with Gasteiger partial charge in [0, 0.05) is 11.7 Å². The van der Waals surface area contributed by atoms with Crippen molar-refractivity contribution in [3.63, 3.8) is 0 Å². The van der Waals surface area contributed by atoms with Crippen molar-refractivity contribution in [2.24, 2.45) is 0 Å². The van der Waals surface area contributed by atoms with Crippen LogP contribution in [-0.4, -0.2) is 19.5 Å². The lowest BCUT2D eigenvalue weighted by atomic mass is 10.2. The number of nitrogens with one attached hydrogen (secondary N) is 1. The van der Waals surface area contributed by atoms with Gasteiger partial charge in [-0.1, -0.05) is 18.9 Å². The molecule has 0 bridgehead atoms. The quantitative estimate of drug-likeness (QED) is 0.719. The van der Waals surface area contributed by atoms with E-state index in [1.807, 2.05) is 0 Å². The van der Waals surface area contributed by atoms with Gasteiger partial charge < -0.3 is 9.88 Å². The van der Waals surface area contributed by atoms with Crippen molar-refractivity contribution in [1.29, 1.82) is 0 Å². The van der Waals surface area contributed by atoms with Crippen LogP contribution in [0.25, 0.3) is 11.2 Å². The normalized spacial score (nSPS) is 15.4. The molecule has 0 spiro atoms. The zero-order valence-electron chi connectivity index (χ0n) is 12.3. The summed E-state index contributed by atoms with van der Waals surface area (Å²) in [4.78, 5) is 13.0. The summed E-state index contributed by atoms with van der Waals surface area (Å²) in [6.07, 6.45) is 6.48. The molecule has 2 heterocycles. The van der Waals surface area contributed by atoms with Gasteiger partial charge >= 0.3 is 0 Å². The van der Waals surface area contributed by atoms with Crippen molar-refractivity contribution in [2.45, 2.75) is 31.7 Å². The van der Waals surface area contributed by atoms with E-state index in [1.54, 1.807) is 18.5 Å². The summed E-state index contributed by atoms with van der Waals surface area (Å²) < 4.78 is 15.4. The Kier molecular flexibility index (Phi) is 3.61. The Morgan fingerprint density at radius 3 is 2.83 bits per heavy atom. The molecule has 1 aliphatic rings. The molecule has 118 valence electrons. The van der Waals surface area contributed by atoms with Gasteiger partial charge in [-0.3, -0.25) is 0 Å². The summed E-state index contributed by atoms with van der Waals surface area (Å²) in [6.45, 7) is 0. The van der Waals surface area contributed by atoms with Crippen LogP contribution < -0.4 is 5.32 Å². The summed E-state index contributed by atoms with van der Waals surface area (Å²) in [5, 5.41) is 3.23. The highest BCUT2D eigenvalue weighted by Crippen LogP contribution is 2.33. The predicted octanol–water partition coefficient (Wildman–Crippen LogP) is 4.48. The molecule has 1 fully saturated rings. The fraction of sp³-hybridized carbons (Fsp3) is 0.312. The molecule has 0 unspecified atom stereocenters. The molecular formula is C16H15ClFN5. The summed E-state index contributed by atoms with van der Waals surface area (Å²) in [6, 6.07) is 6.60. The largest absolute Gasteiger partial charge is 0.338 e. The van der Waals surface area contributed by atoms with Crippen LogP contribution in [0.5, 0.6) is 0 Å². The second-order valence-corrected chi connectivity index (χ2v) is 6.08. The lowest BCUT2D eigenvalue weighted by Crippen LogP contribution is -2.05. The second kappa shape index (κ2) is 5.77. The monoisotopic (exact) mass is 331 g/mol. The van der Waals surface area contributed by atoms with E-state index in [1.165, 1.54) is 25.0 Å². The Hall–Kier alpha value is -2.21. The van der Waals surface area contributed by atoms with Crippen molar-refractivity contribution >= 4 is 34.3 Å². The zero-order chi connectivity index (χ0) is 15.8. The Bertz CT molecular complexity index is 857. The minimum Gasteiger partial charge on any atom is -0.338 e. The van der Waals surface area contributed by atoms with Crippen LogP contribution in [0.1, 0.15) is 31.7 Å². The minimum atomic E-state index is -0.317. The number of imidazole rings is 1. The van der Waals surface area contributed by atoms with Gasteiger partial charge in [-0.2, -0.15) is 9.97 Å². The van der Waals surface area contributed by atoms with Gasteiger partial charge in [0.1, 0.15) is 5.82 Å². The maximum atomic E-state index is 13.4. The number of anilines is 2. The molecule has 3 aromatic rings. The molecule has 0 amide bonds.